The molecule has 0 heterocycles. The molecule has 0 aliphatic rings. The summed E-state index contributed by atoms with van der Waals surface area (Å²) in [5.74, 6) is 4.32. The number of ether oxygens (including phenoxy) is 1. The van der Waals surface area contributed by atoms with Crippen molar-refractivity contribution in [2.45, 2.75) is 6.92 Å². The molecule has 0 saturated heterocycles. The van der Waals surface area contributed by atoms with Crippen LogP contribution in [-0.2, 0) is 9.53 Å². The van der Waals surface area contributed by atoms with Crippen LogP contribution in [0, 0.1) is 23.2 Å². The molecule has 0 aliphatic heterocycles. The molecular formula is C12H10N2O2. The monoisotopic (exact) mass is 214 g/mol. The summed E-state index contributed by atoms with van der Waals surface area (Å²) in [5, 5.41) is 8.73. The van der Waals surface area contributed by atoms with Crippen molar-refractivity contribution in [3.8, 4) is 17.9 Å². The van der Waals surface area contributed by atoms with Crippen molar-refractivity contribution in [3.05, 3.63) is 29.3 Å². The molecule has 0 bridgehead atoms. The van der Waals surface area contributed by atoms with E-state index in [0.717, 1.165) is 0 Å². The van der Waals surface area contributed by atoms with Crippen LogP contribution in [-0.4, -0.2) is 12.6 Å². The van der Waals surface area contributed by atoms with Crippen molar-refractivity contribution in [3.63, 3.8) is 0 Å². The summed E-state index contributed by atoms with van der Waals surface area (Å²) in [6.07, 6.45) is 0. The third kappa shape index (κ3) is 3.04. The number of nitrogens with two attached hydrogens (primary N) is 1. The SMILES string of the molecule is CCOC(=O)C#Cc1ccc(N)c(C#N)c1. The zero-order valence-corrected chi connectivity index (χ0v) is 8.78. The van der Waals surface area contributed by atoms with Gasteiger partial charge in [-0.15, -0.1) is 0 Å². The maximum atomic E-state index is 11.0. The number of carbonyl (C=O) groups excluding carboxylic acids is 1. The van der Waals surface area contributed by atoms with Gasteiger partial charge in [0.15, 0.2) is 0 Å². The fourth-order valence-corrected chi connectivity index (χ4v) is 1.02. The number of anilines is 1. The second-order valence-corrected chi connectivity index (χ2v) is 2.88. The van der Waals surface area contributed by atoms with Crippen molar-refractivity contribution in [2.24, 2.45) is 0 Å². The molecule has 0 aliphatic carbocycles. The Morgan fingerprint density at radius 1 is 1.56 bits per heavy atom. The number of hydrogen-bond acceptors (Lipinski definition) is 4. The second-order valence-electron chi connectivity index (χ2n) is 2.88. The van der Waals surface area contributed by atoms with E-state index in [-0.39, 0.29) is 0 Å². The first-order chi connectivity index (χ1) is 7.67. The van der Waals surface area contributed by atoms with Crippen LogP contribution in [0.1, 0.15) is 18.1 Å². The summed E-state index contributed by atoms with van der Waals surface area (Å²) in [4.78, 5) is 11.0. The largest absolute Gasteiger partial charge is 0.456 e. The molecule has 2 N–H and O–H groups in total. The predicted molar refractivity (Wildman–Crippen MR) is 59.1 cm³/mol. The molecule has 80 valence electrons. The van der Waals surface area contributed by atoms with E-state index >= 15 is 0 Å². The smallest absolute Gasteiger partial charge is 0.384 e. The highest BCUT2D eigenvalue weighted by Crippen LogP contribution is 2.11. The van der Waals surface area contributed by atoms with Gasteiger partial charge >= 0.3 is 5.97 Å². The number of nitrogens with zero attached hydrogens (tertiary/aromatic N) is 1. The molecule has 0 unspecified atom stereocenters. The lowest BCUT2D eigenvalue weighted by atomic mass is 10.1. The maximum Gasteiger partial charge on any atom is 0.384 e. The summed E-state index contributed by atoms with van der Waals surface area (Å²) >= 11 is 0. The van der Waals surface area contributed by atoms with E-state index in [1.807, 2.05) is 6.07 Å². The molecule has 1 rings (SSSR count). The first-order valence-electron chi connectivity index (χ1n) is 4.65. The van der Waals surface area contributed by atoms with Gasteiger partial charge in [0.1, 0.15) is 6.07 Å². The number of nitriles is 1. The predicted octanol–water partition coefficient (Wildman–Crippen LogP) is 1.06. The number of carbonyl (C=O) groups is 1. The number of rotatable bonds is 1. The van der Waals surface area contributed by atoms with Crippen LogP contribution in [0.4, 0.5) is 5.69 Å². The van der Waals surface area contributed by atoms with E-state index in [9.17, 15) is 4.79 Å². The van der Waals surface area contributed by atoms with Gasteiger partial charge < -0.3 is 10.5 Å². The van der Waals surface area contributed by atoms with Crippen LogP contribution in [0.25, 0.3) is 0 Å². The average Bonchev–Trinajstić information content (AvgIpc) is 2.28. The molecule has 0 radical (unpaired) electrons. The Hall–Kier alpha value is -2.46. The number of nitrogen functional groups attached to an aromatic ring is 1. The van der Waals surface area contributed by atoms with Gasteiger partial charge in [-0.25, -0.2) is 4.79 Å². The van der Waals surface area contributed by atoms with Crippen molar-refractivity contribution >= 4 is 11.7 Å². The van der Waals surface area contributed by atoms with E-state index in [4.69, 9.17) is 11.0 Å². The first kappa shape index (κ1) is 11.6. The van der Waals surface area contributed by atoms with E-state index < -0.39 is 5.97 Å². The topological polar surface area (TPSA) is 76.1 Å². The Morgan fingerprint density at radius 3 is 2.94 bits per heavy atom. The zero-order valence-electron chi connectivity index (χ0n) is 8.78. The minimum absolute atomic E-state index is 0.290. The Kier molecular flexibility index (Phi) is 3.94. The Labute approximate surface area is 93.6 Å². The summed E-state index contributed by atoms with van der Waals surface area (Å²) in [6, 6.07) is 6.69. The van der Waals surface area contributed by atoms with Crippen molar-refractivity contribution in [1.29, 1.82) is 5.26 Å². The summed E-state index contributed by atoms with van der Waals surface area (Å²) in [5.41, 5.74) is 6.83. The Balaban J connectivity index is 2.91. The van der Waals surface area contributed by atoms with Gasteiger partial charge in [-0.3, -0.25) is 0 Å². The minimum Gasteiger partial charge on any atom is -0.456 e. The summed E-state index contributed by atoms with van der Waals surface area (Å²) in [7, 11) is 0. The average molecular weight is 214 g/mol. The highest BCUT2D eigenvalue weighted by atomic mass is 16.5. The van der Waals surface area contributed by atoms with Crippen LogP contribution >= 0.6 is 0 Å². The number of hydrogen-bond donors (Lipinski definition) is 1. The van der Waals surface area contributed by atoms with Gasteiger partial charge in [0.25, 0.3) is 0 Å². The first-order valence-corrected chi connectivity index (χ1v) is 4.65. The molecule has 4 nitrogen and oxygen atoms in total. The second kappa shape index (κ2) is 5.43. The quantitative estimate of drug-likeness (QED) is 0.430. The molecule has 0 aromatic heterocycles. The fourth-order valence-electron chi connectivity index (χ4n) is 1.02. The lowest BCUT2D eigenvalue weighted by molar-refractivity contribution is -0.136. The fraction of sp³-hybridized carbons (Fsp3) is 0.167. The van der Waals surface area contributed by atoms with Gasteiger partial charge in [0.05, 0.1) is 12.2 Å². The molecule has 0 atom stereocenters. The third-order valence-corrected chi connectivity index (χ3v) is 1.76. The van der Waals surface area contributed by atoms with E-state index in [1.165, 1.54) is 6.07 Å². The Morgan fingerprint density at radius 2 is 2.31 bits per heavy atom. The molecule has 16 heavy (non-hydrogen) atoms. The molecule has 1 aromatic carbocycles. The zero-order chi connectivity index (χ0) is 12.0. The van der Waals surface area contributed by atoms with Gasteiger partial charge in [0.2, 0.25) is 0 Å². The molecule has 0 saturated carbocycles. The normalized spacial score (nSPS) is 8.50. The van der Waals surface area contributed by atoms with Crippen LogP contribution in [0.15, 0.2) is 18.2 Å². The van der Waals surface area contributed by atoms with E-state index in [0.29, 0.717) is 23.4 Å². The Bertz CT molecular complexity index is 504. The molecule has 0 fully saturated rings. The summed E-state index contributed by atoms with van der Waals surface area (Å²) < 4.78 is 4.64. The molecule has 4 heteroatoms. The highest BCUT2D eigenvalue weighted by molar-refractivity contribution is 5.89. The minimum atomic E-state index is -0.585. The molecule has 1 aromatic rings. The molecule has 0 amide bonds. The van der Waals surface area contributed by atoms with Crippen LogP contribution < -0.4 is 5.73 Å². The van der Waals surface area contributed by atoms with Crippen LogP contribution in [0.3, 0.4) is 0 Å². The maximum absolute atomic E-state index is 11.0. The van der Waals surface area contributed by atoms with Crippen molar-refractivity contribution in [1.82, 2.24) is 0 Å². The van der Waals surface area contributed by atoms with Crippen molar-refractivity contribution < 1.29 is 9.53 Å². The lowest BCUT2D eigenvalue weighted by Gasteiger charge is -1.96. The van der Waals surface area contributed by atoms with Crippen LogP contribution in [0.5, 0.6) is 0 Å². The van der Waals surface area contributed by atoms with Gasteiger partial charge in [0, 0.05) is 17.2 Å². The third-order valence-electron chi connectivity index (χ3n) is 1.76. The standard InChI is InChI=1S/C12H10N2O2/c1-2-16-12(15)6-4-9-3-5-11(14)10(7-9)8-13/h3,5,7H,2,14H2,1H3. The van der Waals surface area contributed by atoms with Crippen LogP contribution in [0.2, 0.25) is 0 Å². The lowest BCUT2D eigenvalue weighted by Crippen LogP contribution is -1.99. The van der Waals surface area contributed by atoms with Gasteiger partial charge in [-0.1, -0.05) is 5.92 Å². The molecule has 0 spiro atoms. The number of benzene rings is 1. The number of esters is 1. The summed E-state index contributed by atoms with van der Waals surface area (Å²) in [6.45, 7) is 2.00. The van der Waals surface area contributed by atoms with E-state index in [2.05, 4.69) is 16.6 Å². The van der Waals surface area contributed by atoms with Gasteiger partial charge in [-0.05, 0) is 25.1 Å². The highest BCUT2D eigenvalue weighted by Gasteiger charge is 1.98. The van der Waals surface area contributed by atoms with Crippen molar-refractivity contribution in [2.75, 3.05) is 12.3 Å². The molecular weight excluding hydrogens is 204 g/mol. The van der Waals surface area contributed by atoms with E-state index in [1.54, 1.807) is 19.1 Å². The van der Waals surface area contributed by atoms with Gasteiger partial charge in [-0.2, -0.15) is 5.26 Å².